The van der Waals surface area contributed by atoms with Crippen molar-refractivity contribution in [2.75, 3.05) is 6.54 Å². The highest BCUT2D eigenvalue weighted by Crippen LogP contribution is 2.30. The number of carboxylic acid groups (broad SMARTS) is 1. The number of nitrogens with zero attached hydrogens (tertiary/aromatic N) is 1. The maximum atomic E-state index is 13.1. The Morgan fingerprint density at radius 1 is 0.968 bits per heavy atom. The number of pyridine rings is 1. The van der Waals surface area contributed by atoms with Crippen molar-refractivity contribution in [3.63, 3.8) is 0 Å². The molecule has 0 aliphatic heterocycles. The molecule has 2 amide bonds. The van der Waals surface area contributed by atoms with E-state index in [1.54, 1.807) is 18.2 Å². The van der Waals surface area contributed by atoms with Crippen LogP contribution in [-0.4, -0.2) is 50.3 Å². The maximum absolute atomic E-state index is 13.1. The summed E-state index contributed by atoms with van der Waals surface area (Å²) in [5.41, 5.74) is -2.32. The van der Waals surface area contributed by atoms with Crippen molar-refractivity contribution in [2.24, 2.45) is 0 Å². The fourth-order valence-electron chi connectivity index (χ4n) is 3.63. The molecule has 164 valence electrons. The first-order valence-corrected chi connectivity index (χ1v) is 9.88. The molecule has 3 rings (SSSR count). The normalized spacial score (nSPS) is 14.1. The average Bonchev–Trinajstić information content (AvgIpc) is 2.73. The van der Waals surface area contributed by atoms with Gasteiger partial charge in [0.1, 0.15) is 17.7 Å². The fraction of sp³-hybridized carbons (Fsp3) is 0.333. The Morgan fingerprint density at radius 3 is 2.23 bits per heavy atom. The fourth-order valence-corrected chi connectivity index (χ4v) is 3.63. The molecule has 0 atom stereocenters. The van der Waals surface area contributed by atoms with Crippen LogP contribution in [0.5, 0.6) is 11.6 Å². The summed E-state index contributed by atoms with van der Waals surface area (Å²) >= 11 is 0. The number of amides is 2. The Balaban J connectivity index is 2.13. The molecule has 1 aliphatic carbocycles. The first kappa shape index (κ1) is 21.9. The minimum atomic E-state index is -1.35. The second kappa shape index (κ2) is 9.33. The number of para-hydroxylation sites is 1. The standard InChI is InChI=1S/C21H23N3O7/c25-14(26)11-22-18(28)15-17(27)16(19(29)23-12-7-3-1-4-8-12)21(31)24(20(15)30)13-9-5-2-6-10-13/h2,5-6,9-10,12,27,30H,1,3-4,7-8,11H2,(H,22,28)(H,23,29)(H,25,26). The Hall–Kier alpha value is -3.82. The van der Waals surface area contributed by atoms with Gasteiger partial charge in [0.2, 0.25) is 5.88 Å². The van der Waals surface area contributed by atoms with E-state index in [1.807, 2.05) is 5.32 Å². The van der Waals surface area contributed by atoms with E-state index in [0.717, 1.165) is 36.7 Å². The zero-order valence-electron chi connectivity index (χ0n) is 16.6. The van der Waals surface area contributed by atoms with Crippen molar-refractivity contribution >= 4 is 17.8 Å². The SMILES string of the molecule is O=C(O)CNC(=O)c1c(O)c(C(=O)NC2CCCCC2)c(=O)n(-c2ccccc2)c1O. The van der Waals surface area contributed by atoms with E-state index in [-0.39, 0.29) is 11.7 Å². The molecule has 1 aliphatic rings. The molecule has 10 heteroatoms. The lowest BCUT2D eigenvalue weighted by Crippen LogP contribution is -2.40. The van der Waals surface area contributed by atoms with Crippen LogP contribution in [0.25, 0.3) is 5.69 Å². The zero-order valence-corrected chi connectivity index (χ0v) is 16.6. The molecule has 2 aromatic rings. The van der Waals surface area contributed by atoms with Gasteiger partial charge in [0.15, 0.2) is 5.75 Å². The van der Waals surface area contributed by atoms with Gasteiger partial charge >= 0.3 is 5.97 Å². The molecule has 0 bridgehead atoms. The van der Waals surface area contributed by atoms with Gasteiger partial charge in [0.25, 0.3) is 17.4 Å². The molecule has 0 saturated heterocycles. The first-order chi connectivity index (χ1) is 14.8. The van der Waals surface area contributed by atoms with Crippen molar-refractivity contribution < 1.29 is 29.7 Å². The minimum absolute atomic E-state index is 0.156. The monoisotopic (exact) mass is 429 g/mol. The average molecular weight is 429 g/mol. The van der Waals surface area contributed by atoms with Crippen LogP contribution in [0.3, 0.4) is 0 Å². The van der Waals surface area contributed by atoms with E-state index in [0.29, 0.717) is 0 Å². The Labute approximate surface area is 177 Å². The Bertz CT molecular complexity index is 1060. The molecular formula is C21H23N3O7. The number of carbonyl (C=O) groups is 3. The lowest BCUT2D eigenvalue weighted by Gasteiger charge is -2.23. The van der Waals surface area contributed by atoms with Crippen LogP contribution in [0.1, 0.15) is 52.8 Å². The topological polar surface area (TPSA) is 158 Å². The van der Waals surface area contributed by atoms with Gasteiger partial charge in [-0.25, -0.2) is 4.57 Å². The van der Waals surface area contributed by atoms with E-state index in [1.165, 1.54) is 12.1 Å². The van der Waals surface area contributed by atoms with Gasteiger partial charge in [0.05, 0.1) is 5.69 Å². The van der Waals surface area contributed by atoms with Crippen molar-refractivity contribution in [1.29, 1.82) is 0 Å². The Kier molecular flexibility index (Phi) is 6.58. The minimum Gasteiger partial charge on any atom is -0.506 e. The molecule has 1 fully saturated rings. The van der Waals surface area contributed by atoms with Crippen LogP contribution in [0.15, 0.2) is 35.1 Å². The summed E-state index contributed by atoms with van der Waals surface area (Å²) in [5, 5.41) is 34.8. The number of hydrogen-bond acceptors (Lipinski definition) is 6. The number of aromatic hydroxyl groups is 2. The summed E-state index contributed by atoms with van der Waals surface area (Å²) in [5.74, 6) is -5.28. The summed E-state index contributed by atoms with van der Waals surface area (Å²) < 4.78 is 0.727. The molecule has 0 unspecified atom stereocenters. The van der Waals surface area contributed by atoms with E-state index in [9.17, 15) is 29.4 Å². The molecule has 1 saturated carbocycles. The van der Waals surface area contributed by atoms with Gasteiger partial charge in [0, 0.05) is 6.04 Å². The highest BCUT2D eigenvalue weighted by Gasteiger charge is 2.31. The third-order valence-electron chi connectivity index (χ3n) is 5.14. The summed E-state index contributed by atoms with van der Waals surface area (Å²) in [7, 11) is 0. The number of hydrogen-bond donors (Lipinski definition) is 5. The van der Waals surface area contributed by atoms with Gasteiger partial charge < -0.3 is 26.0 Å². The number of carbonyl (C=O) groups excluding carboxylic acids is 2. The third-order valence-corrected chi connectivity index (χ3v) is 5.14. The molecule has 31 heavy (non-hydrogen) atoms. The molecule has 1 aromatic heterocycles. The van der Waals surface area contributed by atoms with E-state index in [4.69, 9.17) is 5.11 Å². The van der Waals surface area contributed by atoms with Crippen LogP contribution in [0, 0.1) is 0 Å². The zero-order chi connectivity index (χ0) is 22.5. The van der Waals surface area contributed by atoms with Gasteiger partial charge in [-0.2, -0.15) is 0 Å². The molecule has 5 N–H and O–H groups in total. The lowest BCUT2D eigenvalue weighted by atomic mass is 9.95. The maximum Gasteiger partial charge on any atom is 0.322 e. The highest BCUT2D eigenvalue weighted by atomic mass is 16.4. The molecule has 10 nitrogen and oxygen atoms in total. The highest BCUT2D eigenvalue weighted by molar-refractivity contribution is 6.05. The number of carboxylic acids is 1. The molecule has 0 spiro atoms. The second-order valence-electron chi connectivity index (χ2n) is 7.28. The van der Waals surface area contributed by atoms with Gasteiger partial charge in [-0.1, -0.05) is 37.5 Å². The molecular weight excluding hydrogens is 406 g/mol. The molecule has 1 aromatic carbocycles. The number of nitrogens with one attached hydrogen (secondary N) is 2. The predicted molar refractivity (Wildman–Crippen MR) is 110 cm³/mol. The van der Waals surface area contributed by atoms with E-state index in [2.05, 4.69) is 5.32 Å². The summed E-state index contributed by atoms with van der Waals surface area (Å²) in [6.07, 6.45) is 4.34. The molecule has 0 radical (unpaired) electrons. The van der Waals surface area contributed by atoms with Gasteiger partial charge in [-0.05, 0) is 25.0 Å². The van der Waals surface area contributed by atoms with Crippen LogP contribution < -0.4 is 16.2 Å². The van der Waals surface area contributed by atoms with Crippen LogP contribution in [-0.2, 0) is 4.79 Å². The summed E-state index contributed by atoms with van der Waals surface area (Å²) in [4.78, 5) is 49.3. The number of aromatic nitrogens is 1. The van der Waals surface area contributed by atoms with Crippen molar-refractivity contribution in [3.05, 3.63) is 51.8 Å². The number of benzene rings is 1. The Morgan fingerprint density at radius 2 is 1.61 bits per heavy atom. The quantitative estimate of drug-likeness (QED) is 0.460. The van der Waals surface area contributed by atoms with Crippen LogP contribution in [0.2, 0.25) is 0 Å². The third kappa shape index (κ3) is 4.68. The smallest absolute Gasteiger partial charge is 0.322 e. The first-order valence-electron chi connectivity index (χ1n) is 9.88. The number of rotatable bonds is 6. The van der Waals surface area contributed by atoms with Crippen LogP contribution >= 0.6 is 0 Å². The predicted octanol–water partition coefficient (Wildman–Crippen LogP) is 1.13. The summed E-state index contributed by atoms with van der Waals surface area (Å²) in [6, 6.07) is 7.60. The van der Waals surface area contributed by atoms with E-state index < -0.39 is 52.6 Å². The lowest BCUT2D eigenvalue weighted by molar-refractivity contribution is -0.135. The number of aliphatic carboxylic acids is 1. The van der Waals surface area contributed by atoms with Gasteiger partial charge in [-0.15, -0.1) is 0 Å². The van der Waals surface area contributed by atoms with E-state index >= 15 is 0 Å². The van der Waals surface area contributed by atoms with Crippen LogP contribution in [0.4, 0.5) is 0 Å². The van der Waals surface area contributed by atoms with Crippen molar-refractivity contribution in [3.8, 4) is 17.3 Å². The van der Waals surface area contributed by atoms with Crippen molar-refractivity contribution in [1.82, 2.24) is 15.2 Å². The van der Waals surface area contributed by atoms with Gasteiger partial charge in [-0.3, -0.25) is 19.2 Å². The van der Waals surface area contributed by atoms with Crippen molar-refractivity contribution in [2.45, 2.75) is 38.1 Å². The summed E-state index contributed by atoms with van der Waals surface area (Å²) in [6.45, 7) is -0.786. The molecule has 1 heterocycles. The largest absolute Gasteiger partial charge is 0.506 e. The second-order valence-corrected chi connectivity index (χ2v) is 7.28.